The molecule has 0 N–H and O–H groups in total. The molecule has 31 heavy (non-hydrogen) atoms. The average molecular weight is 442 g/mol. The number of ether oxygens (including phenoxy) is 1. The van der Waals surface area contributed by atoms with Gasteiger partial charge in [0, 0.05) is 56.1 Å². The molecule has 0 bridgehead atoms. The van der Waals surface area contributed by atoms with E-state index in [1.165, 1.54) is 4.31 Å². The molecular formula is C23H27N3O4S. The third kappa shape index (κ3) is 3.70. The summed E-state index contributed by atoms with van der Waals surface area (Å²) in [7, 11) is -0.314. The van der Waals surface area contributed by atoms with E-state index in [2.05, 4.69) is 4.90 Å². The van der Waals surface area contributed by atoms with E-state index in [0.717, 1.165) is 22.7 Å². The van der Waals surface area contributed by atoms with Gasteiger partial charge in [-0.2, -0.15) is 4.31 Å². The maximum atomic E-state index is 13.3. The van der Waals surface area contributed by atoms with Gasteiger partial charge in [0.25, 0.3) is 5.91 Å². The lowest BCUT2D eigenvalue weighted by Gasteiger charge is -2.35. The van der Waals surface area contributed by atoms with Crippen molar-refractivity contribution in [1.82, 2.24) is 4.31 Å². The summed E-state index contributed by atoms with van der Waals surface area (Å²) in [5.41, 5.74) is 3.89. The summed E-state index contributed by atoms with van der Waals surface area (Å²) >= 11 is 0. The maximum absolute atomic E-state index is 13.3. The molecule has 0 saturated carbocycles. The number of likely N-dealkylation sites (N-methyl/N-ethyl adjacent to an activating group) is 1. The monoisotopic (exact) mass is 441 g/mol. The lowest BCUT2D eigenvalue weighted by Crippen LogP contribution is -2.48. The van der Waals surface area contributed by atoms with E-state index in [1.807, 2.05) is 38.1 Å². The number of nitrogens with zero attached hydrogens (tertiary/aromatic N) is 3. The summed E-state index contributed by atoms with van der Waals surface area (Å²) in [6.45, 7) is 5.72. The van der Waals surface area contributed by atoms with Gasteiger partial charge in [-0.25, -0.2) is 8.42 Å². The largest absolute Gasteiger partial charge is 0.497 e. The lowest BCUT2D eigenvalue weighted by molar-refractivity contribution is -0.112. The summed E-state index contributed by atoms with van der Waals surface area (Å²) < 4.78 is 33.5. The number of hydrogen-bond acceptors (Lipinski definition) is 5. The number of carbonyl (C=O) groups is 1. The molecule has 8 heteroatoms. The van der Waals surface area contributed by atoms with Gasteiger partial charge in [-0.1, -0.05) is 11.6 Å². The highest BCUT2D eigenvalue weighted by molar-refractivity contribution is 7.89. The molecule has 164 valence electrons. The van der Waals surface area contributed by atoms with Gasteiger partial charge in [-0.05, 0) is 44.2 Å². The van der Waals surface area contributed by atoms with Crippen LogP contribution in [0, 0.1) is 0 Å². The first-order valence-corrected chi connectivity index (χ1v) is 11.7. The first-order chi connectivity index (χ1) is 14.7. The third-order valence-electron chi connectivity index (χ3n) is 5.91. The average Bonchev–Trinajstić information content (AvgIpc) is 3.03. The van der Waals surface area contributed by atoms with Gasteiger partial charge in [0.05, 0.1) is 17.7 Å². The number of fused-ring (bicyclic) bond motifs is 1. The van der Waals surface area contributed by atoms with E-state index in [4.69, 9.17) is 4.74 Å². The highest BCUT2D eigenvalue weighted by Gasteiger charge is 2.34. The van der Waals surface area contributed by atoms with E-state index in [-0.39, 0.29) is 10.8 Å². The summed E-state index contributed by atoms with van der Waals surface area (Å²) in [4.78, 5) is 16.5. The zero-order valence-corrected chi connectivity index (χ0v) is 19.1. The van der Waals surface area contributed by atoms with Crippen molar-refractivity contribution in [3.8, 4) is 5.75 Å². The summed E-state index contributed by atoms with van der Waals surface area (Å²) in [5, 5.41) is 0. The minimum Gasteiger partial charge on any atom is -0.497 e. The molecule has 0 radical (unpaired) electrons. The van der Waals surface area contributed by atoms with Crippen LogP contribution in [0.4, 0.5) is 11.4 Å². The van der Waals surface area contributed by atoms with Gasteiger partial charge >= 0.3 is 0 Å². The predicted octanol–water partition coefficient (Wildman–Crippen LogP) is 2.98. The van der Waals surface area contributed by atoms with Gasteiger partial charge in [-0.15, -0.1) is 0 Å². The van der Waals surface area contributed by atoms with Crippen LogP contribution in [0.3, 0.4) is 0 Å². The Morgan fingerprint density at radius 3 is 2.35 bits per heavy atom. The molecule has 2 aromatic rings. The molecule has 0 unspecified atom stereocenters. The fraction of sp³-hybridized carbons (Fsp3) is 0.348. The van der Waals surface area contributed by atoms with Crippen LogP contribution in [0.1, 0.15) is 19.4 Å². The van der Waals surface area contributed by atoms with Crippen LogP contribution in [0.5, 0.6) is 5.75 Å². The van der Waals surface area contributed by atoms with Gasteiger partial charge in [0.1, 0.15) is 5.75 Å². The summed E-state index contributed by atoms with van der Waals surface area (Å²) in [6.07, 6.45) is 0. The highest BCUT2D eigenvalue weighted by atomic mass is 32.2. The first kappa shape index (κ1) is 21.4. The molecular weight excluding hydrogens is 414 g/mol. The molecule has 2 heterocycles. The Balaban J connectivity index is 1.57. The van der Waals surface area contributed by atoms with Gasteiger partial charge in [-0.3, -0.25) is 4.79 Å². The Morgan fingerprint density at radius 1 is 1.00 bits per heavy atom. The highest BCUT2D eigenvalue weighted by Crippen LogP contribution is 2.39. The van der Waals surface area contributed by atoms with Crippen molar-refractivity contribution >= 4 is 32.9 Å². The number of rotatable bonds is 4. The number of benzene rings is 2. The second-order valence-corrected chi connectivity index (χ2v) is 9.95. The van der Waals surface area contributed by atoms with Crippen LogP contribution in [0.15, 0.2) is 52.9 Å². The molecule has 0 spiro atoms. The van der Waals surface area contributed by atoms with Crippen LogP contribution in [0.25, 0.3) is 5.57 Å². The molecule has 7 nitrogen and oxygen atoms in total. The minimum atomic E-state index is -3.66. The molecule has 2 aromatic carbocycles. The van der Waals surface area contributed by atoms with E-state index in [9.17, 15) is 13.2 Å². The zero-order valence-electron chi connectivity index (χ0n) is 18.3. The van der Waals surface area contributed by atoms with Gasteiger partial charge in [0.15, 0.2) is 0 Å². The summed E-state index contributed by atoms with van der Waals surface area (Å²) in [5.74, 6) is 0.678. The Bertz CT molecular complexity index is 1160. The van der Waals surface area contributed by atoms with E-state index in [1.54, 1.807) is 37.3 Å². The van der Waals surface area contributed by atoms with E-state index in [0.29, 0.717) is 37.3 Å². The van der Waals surface area contributed by atoms with Gasteiger partial charge in [0.2, 0.25) is 10.0 Å². The number of methoxy groups -OCH3 is 1. The number of hydrogen-bond donors (Lipinski definition) is 0. The molecule has 1 fully saturated rings. The predicted molar refractivity (Wildman–Crippen MR) is 122 cm³/mol. The topological polar surface area (TPSA) is 70.2 Å². The Kier molecular flexibility index (Phi) is 5.53. The van der Waals surface area contributed by atoms with Crippen LogP contribution in [-0.4, -0.2) is 59.0 Å². The van der Waals surface area contributed by atoms with Gasteiger partial charge < -0.3 is 14.5 Å². The standard InChI is InChI=1S/C23H27N3O4S/c1-16(2)22-20-15-19(8-9-21(20)24(3)23(22)27)31(28,29)26-12-10-25(11-13-26)17-6-5-7-18(14-17)30-4/h5-9,14-15H,10-13H2,1-4H3. The number of sulfonamides is 1. The number of piperazine rings is 1. The molecule has 0 aromatic heterocycles. The van der Waals surface area contributed by atoms with Crippen molar-refractivity contribution in [3.05, 3.63) is 53.6 Å². The van der Waals surface area contributed by atoms with E-state index < -0.39 is 10.0 Å². The smallest absolute Gasteiger partial charge is 0.258 e. The molecule has 0 atom stereocenters. The second-order valence-electron chi connectivity index (χ2n) is 8.01. The molecule has 2 aliphatic heterocycles. The number of allylic oxidation sites excluding steroid dienone is 1. The number of anilines is 2. The number of carbonyl (C=O) groups excluding carboxylic acids is 1. The van der Waals surface area contributed by atoms with Crippen molar-refractivity contribution in [2.24, 2.45) is 0 Å². The van der Waals surface area contributed by atoms with Crippen molar-refractivity contribution in [3.63, 3.8) is 0 Å². The lowest BCUT2D eigenvalue weighted by atomic mass is 10.0. The second kappa shape index (κ2) is 8.01. The van der Waals surface area contributed by atoms with Crippen molar-refractivity contribution in [2.45, 2.75) is 18.7 Å². The molecule has 1 saturated heterocycles. The van der Waals surface area contributed by atoms with Crippen molar-refractivity contribution in [1.29, 1.82) is 0 Å². The Hall–Kier alpha value is -2.84. The van der Waals surface area contributed by atoms with Crippen LogP contribution in [0.2, 0.25) is 0 Å². The fourth-order valence-electron chi connectivity index (χ4n) is 4.19. The molecule has 2 aliphatic rings. The number of amides is 1. The Labute approximate surface area is 183 Å². The fourth-order valence-corrected chi connectivity index (χ4v) is 5.64. The van der Waals surface area contributed by atoms with Crippen molar-refractivity contribution in [2.75, 3.05) is 50.1 Å². The SMILES string of the molecule is COc1cccc(N2CCN(S(=O)(=O)c3ccc4c(c3)C(=C(C)C)C(=O)N4C)CC2)c1. The van der Waals surface area contributed by atoms with E-state index >= 15 is 0 Å². The molecule has 1 amide bonds. The third-order valence-corrected chi connectivity index (χ3v) is 7.81. The first-order valence-electron chi connectivity index (χ1n) is 10.2. The normalized spacial score (nSPS) is 17.2. The minimum absolute atomic E-state index is 0.101. The quantitative estimate of drug-likeness (QED) is 0.683. The molecule has 4 rings (SSSR count). The summed E-state index contributed by atoms with van der Waals surface area (Å²) in [6, 6.07) is 12.7. The van der Waals surface area contributed by atoms with Crippen LogP contribution in [-0.2, 0) is 14.8 Å². The van der Waals surface area contributed by atoms with Crippen LogP contribution < -0.4 is 14.5 Å². The molecule has 0 aliphatic carbocycles. The Morgan fingerprint density at radius 2 is 1.71 bits per heavy atom. The van der Waals surface area contributed by atoms with Crippen molar-refractivity contribution < 1.29 is 17.9 Å². The maximum Gasteiger partial charge on any atom is 0.258 e. The zero-order chi connectivity index (χ0) is 22.3. The van der Waals surface area contributed by atoms with Crippen LogP contribution >= 0.6 is 0 Å².